The molecular formula is C58H46O15. The molecule has 1 aliphatic heterocycles. The first-order chi connectivity index (χ1) is 35.7. The molecule has 7 aromatic carbocycles. The first kappa shape index (κ1) is 48.8. The van der Waals surface area contributed by atoms with Gasteiger partial charge in [0.05, 0.1) is 34.7 Å². The highest BCUT2D eigenvalue weighted by atomic mass is 16.7. The van der Waals surface area contributed by atoms with Gasteiger partial charge in [-0.3, -0.25) is 0 Å². The molecular weight excluding hydrogens is 937 g/mol. The van der Waals surface area contributed by atoms with Gasteiger partial charge in [0, 0.05) is 6.07 Å². The molecule has 8 aromatic rings. The predicted octanol–water partition coefficient (Wildman–Crippen LogP) is 9.60. The molecule has 0 saturated carbocycles. The maximum absolute atomic E-state index is 14.1. The lowest BCUT2D eigenvalue weighted by Gasteiger charge is -2.44. The number of methoxy groups -OCH3 is 1. The second kappa shape index (κ2) is 23.1. The second-order valence-electron chi connectivity index (χ2n) is 16.4. The Bertz CT molecular complexity index is 3200. The van der Waals surface area contributed by atoms with Crippen LogP contribution in [0.1, 0.15) is 52.6 Å². The maximum atomic E-state index is 14.1. The Hall–Kier alpha value is -9.21. The van der Waals surface area contributed by atoms with Crippen LogP contribution in [0.15, 0.2) is 203 Å². The lowest BCUT2D eigenvalue weighted by atomic mass is 9.97. The molecule has 1 aromatic heterocycles. The average Bonchev–Trinajstić information content (AvgIpc) is 3.44. The van der Waals surface area contributed by atoms with Crippen molar-refractivity contribution >= 4 is 34.8 Å². The normalized spacial score (nSPS) is 17.1. The molecule has 9 rings (SSSR count). The van der Waals surface area contributed by atoms with Crippen LogP contribution in [0.4, 0.5) is 0 Å². The third-order valence-electron chi connectivity index (χ3n) is 11.5. The molecule has 0 radical (unpaired) electrons. The quantitative estimate of drug-likeness (QED) is 0.0450. The van der Waals surface area contributed by atoms with Crippen LogP contribution in [0.3, 0.4) is 0 Å². The molecule has 0 bridgehead atoms. The van der Waals surface area contributed by atoms with Crippen molar-refractivity contribution in [1.82, 2.24) is 0 Å². The highest BCUT2D eigenvalue weighted by Gasteiger charge is 2.54. The molecule has 0 unspecified atom stereocenters. The van der Waals surface area contributed by atoms with E-state index in [0.29, 0.717) is 11.1 Å². The van der Waals surface area contributed by atoms with Crippen LogP contribution in [-0.4, -0.2) is 68.3 Å². The van der Waals surface area contributed by atoms with Gasteiger partial charge in [-0.05, 0) is 83.9 Å². The van der Waals surface area contributed by atoms with Crippen LogP contribution in [0, 0.1) is 0 Å². The molecule has 5 atom stereocenters. The van der Waals surface area contributed by atoms with Gasteiger partial charge < -0.3 is 47.0 Å². The Labute approximate surface area is 418 Å². The summed E-state index contributed by atoms with van der Waals surface area (Å²) >= 11 is 0. The summed E-state index contributed by atoms with van der Waals surface area (Å²) in [6.07, 6.45) is -8.12. The monoisotopic (exact) mass is 982 g/mol. The summed E-state index contributed by atoms with van der Waals surface area (Å²) in [7, 11) is 1.56. The Balaban J connectivity index is 1.11. The van der Waals surface area contributed by atoms with Crippen LogP contribution < -0.4 is 24.6 Å². The molecule has 1 saturated heterocycles. The molecule has 2 heterocycles. The van der Waals surface area contributed by atoms with Crippen molar-refractivity contribution in [2.75, 3.05) is 13.7 Å². The molecule has 73 heavy (non-hydrogen) atoms. The van der Waals surface area contributed by atoms with E-state index in [1.807, 2.05) is 30.3 Å². The van der Waals surface area contributed by atoms with E-state index < -0.39 is 66.8 Å². The zero-order valence-electron chi connectivity index (χ0n) is 39.1. The first-order valence-electron chi connectivity index (χ1n) is 23.1. The lowest BCUT2D eigenvalue weighted by Crippen LogP contribution is -2.63. The minimum Gasteiger partial charge on any atom is -0.497 e. The van der Waals surface area contributed by atoms with Crippen molar-refractivity contribution in [3.05, 3.63) is 238 Å². The molecule has 1 fully saturated rings. The number of carbonyl (C=O) groups excluding carboxylic acids is 4. The number of carbonyl (C=O) groups is 4. The Morgan fingerprint density at radius 2 is 0.932 bits per heavy atom. The summed E-state index contributed by atoms with van der Waals surface area (Å²) in [5, 5.41) is 0.331. The number of benzene rings is 7. The smallest absolute Gasteiger partial charge is 0.383 e. The van der Waals surface area contributed by atoms with E-state index in [-0.39, 0.29) is 58.3 Å². The molecule has 0 spiro atoms. The van der Waals surface area contributed by atoms with E-state index in [1.54, 1.807) is 122 Å². The maximum Gasteiger partial charge on any atom is 0.383 e. The Morgan fingerprint density at radius 3 is 1.47 bits per heavy atom. The van der Waals surface area contributed by atoms with Crippen LogP contribution in [0.25, 0.3) is 11.0 Å². The van der Waals surface area contributed by atoms with Crippen molar-refractivity contribution < 1.29 is 66.2 Å². The van der Waals surface area contributed by atoms with Crippen LogP contribution in [0.5, 0.6) is 23.0 Å². The highest BCUT2D eigenvalue weighted by Crippen LogP contribution is 2.38. The average molecular weight is 983 g/mol. The molecule has 0 aliphatic carbocycles. The molecule has 0 N–H and O–H groups in total. The van der Waals surface area contributed by atoms with Crippen molar-refractivity contribution in [3.8, 4) is 23.0 Å². The van der Waals surface area contributed by atoms with Gasteiger partial charge in [-0.2, -0.15) is 0 Å². The van der Waals surface area contributed by atoms with Gasteiger partial charge in [0.15, 0.2) is 18.0 Å². The van der Waals surface area contributed by atoms with Gasteiger partial charge in [-0.15, -0.1) is 0 Å². The highest BCUT2D eigenvalue weighted by molar-refractivity contribution is 5.92. The van der Waals surface area contributed by atoms with Gasteiger partial charge in [0.2, 0.25) is 18.1 Å². The predicted molar refractivity (Wildman–Crippen MR) is 264 cm³/mol. The Morgan fingerprint density at radius 1 is 0.479 bits per heavy atom. The summed E-state index contributed by atoms with van der Waals surface area (Å²) in [6.45, 7) is -0.520. The first-order valence-corrected chi connectivity index (χ1v) is 23.1. The van der Waals surface area contributed by atoms with Crippen molar-refractivity contribution in [2.24, 2.45) is 0 Å². The fourth-order valence-corrected chi connectivity index (χ4v) is 7.84. The fourth-order valence-electron chi connectivity index (χ4n) is 7.84. The van der Waals surface area contributed by atoms with E-state index in [2.05, 4.69) is 0 Å². The van der Waals surface area contributed by atoms with Crippen molar-refractivity contribution in [3.63, 3.8) is 0 Å². The molecule has 368 valence electrons. The van der Waals surface area contributed by atoms with E-state index >= 15 is 0 Å². The summed E-state index contributed by atoms with van der Waals surface area (Å²) in [5.41, 5.74) is 1.28. The summed E-state index contributed by atoms with van der Waals surface area (Å²) < 4.78 is 61.0. The van der Waals surface area contributed by atoms with Gasteiger partial charge in [-0.1, -0.05) is 115 Å². The molecule has 1 aliphatic rings. The summed E-state index contributed by atoms with van der Waals surface area (Å²) in [5.74, 6) is -2.79. The summed E-state index contributed by atoms with van der Waals surface area (Å²) in [4.78, 5) is 69.6. The third-order valence-corrected chi connectivity index (χ3v) is 11.5. The standard InChI is InChI=1S/C58H46O15/c1-64-43-29-27-38(28-30-43)35-66-51-48(65-34-37-17-7-2-8-18-37)45-32-31-44(33-46(45)69-57(51)63)68-58-52(73-56(62)42-25-15-6-16-26-42)50(72-55(61)41-23-13-5-14-24-41)49(71-54(60)40-21-11-4-12-22-40)47(70-58)36-67-53(59)39-19-9-3-10-20-39/h2-33,47,49-50,52,58H,34-36H2,1H3/t47-,49-,50+,52-,58-/m1/s1. The third kappa shape index (κ3) is 12.0. The number of fused-ring (bicyclic) bond motifs is 1. The second-order valence-corrected chi connectivity index (χ2v) is 16.4. The van der Waals surface area contributed by atoms with Gasteiger partial charge in [-0.25, -0.2) is 24.0 Å². The van der Waals surface area contributed by atoms with E-state index in [0.717, 1.165) is 11.1 Å². The molecule has 0 amide bonds. The van der Waals surface area contributed by atoms with Gasteiger partial charge in [0.25, 0.3) is 0 Å². The molecule has 15 heteroatoms. The van der Waals surface area contributed by atoms with Crippen LogP contribution in [0.2, 0.25) is 0 Å². The topological polar surface area (TPSA) is 182 Å². The SMILES string of the molecule is COc1ccc(COc2c(OCc3ccccc3)c3ccc(O[C@@H]4O[C@H](COC(=O)c5ccccc5)[C@@H](OC(=O)c5ccccc5)[C@H](OC(=O)c5ccccc5)[C@H]4OC(=O)c4ccccc4)cc3oc2=O)cc1. The largest absolute Gasteiger partial charge is 0.497 e. The number of esters is 4. The Kier molecular flexibility index (Phi) is 15.5. The lowest BCUT2D eigenvalue weighted by molar-refractivity contribution is -0.275. The van der Waals surface area contributed by atoms with Gasteiger partial charge >= 0.3 is 29.5 Å². The summed E-state index contributed by atoms with van der Waals surface area (Å²) in [6, 6.07) is 53.2. The zero-order valence-corrected chi connectivity index (χ0v) is 39.1. The van der Waals surface area contributed by atoms with E-state index in [9.17, 15) is 24.0 Å². The zero-order chi connectivity index (χ0) is 50.5. The fraction of sp³-hybridized carbons (Fsp3) is 0.155. The minimum absolute atomic E-state index is 0.00561. The number of ether oxygens (including phenoxy) is 9. The van der Waals surface area contributed by atoms with Gasteiger partial charge in [0.1, 0.15) is 43.0 Å². The van der Waals surface area contributed by atoms with E-state index in [1.165, 1.54) is 48.5 Å². The van der Waals surface area contributed by atoms with Crippen molar-refractivity contribution in [1.29, 1.82) is 0 Å². The van der Waals surface area contributed by atoms with Crippen LogP contribution >= 0.6 is 0 Å². The number of hydrogen-bond donors (Lipinski definition) is 0. The van der Waals surface area contributed by atoms with E-state index in [4.69, 9.17) is 47.0 Å². The van der Waals surface area contributed by atoms with Crippen LogP contribution in [-0.2, 0) is 36.9 Å². The number of hydrogen-bond acceptors (Lipinski definition) is 15. The minimum atomic E-state index is -1.70. The number of rotatable bonds is 18. The molecule has 15 nitrogen and oxygen atoms in total. The van der Waals surface area contributed by atoms with Crippen molar-refractivity contribution in [2.45, 2.75) is 43.9 Å².